The Morgan fingerprint density at radius 1 is 0.636 bits per heavy atom. The Hall–Kier alpha value is -1.71. The van der Waals surface area contributed by atoms with Crippen molar-refractivity contribution >= 4 is 41.9 Å². The van der Waals surface area contributed by atoms with Crippen LogP contribution in [0.5, 0.6) is 5.75 Å². The number of rotatable bonds is 3. The van der Waals surface area contributed by atoms with Crippen LogP contribution in [-0.4, -0.2) is 24.0 Å². The van der Waals surface area contributed by atoms with Gasteiger partial charge in [-0.2, -0.15) is 0 Å². The van der Waals surface area contributed by atoms with Gasteiger partial charge >= 0.3 is 0 Å². The molecule has 3 rings (SSSR count). The van der Waals surface area contributed by atoms with Crippen LogP contribution in [0.15, 0.2) is 84.9 Å². The second-order valence-corrected chi connectivity index (χ2v) is 7.50. The number of para-hydroxylation sites is 1. The van der Waals surface area contributed by atoms with Gasteiger partial charge in [0.1, 0.15) is 5.75 Å². The number of hydrogen-bond donors (Lipinski definition) is 1. The van der Waals surface area contributed by atoms with E-state index in [1.807, 2.05) is 60.7 Å². The summed E-state index contributed by atoms with van der Waals surface area (Å²) in [5, 5.41) is 12.1. The van der Waals surface area contributed by atoms with E-state index in [0.717, 1.165) is 10.6 Å². The Balaban J connectivity index is 0.00000176. The van der Waals surface area contributed by atoms with E-state index in [0.29, 0.717) is 5.30 Å². The molecule has 2 nitrogen and oxygen atoms in total. The maximum atomic E-state index is 13.9. The smallest absolute Gasteiger partial charge is 0.174 e. The number of aromatic hydroxyl groups is 1. The van der Waals surface area contributed by atoms with E-state index in [4.69, 9.17) is 0 Å². The van der Waals surface area contributed by atoms with Crippen molar-refractivity contribution in [2.75, 3.05) is 0 Å². The predicted octanol–water partition coefficient (Wildman–Crippen LogP) is 2.65. The molecule has 0 saturated heterocycles. The first-order chi connectivity index (χ1) is 10.2. The molecule has 0 bridgehead atoms. The monoisotopic (exact) mass is 301 g/mol. The Kier molecular flexibility index (Phi) is 5.32. The third kappa shape index (κ3) is 2.92. The Morgan fingerprint density at radius 3 is 1.50 bits per heavy atom. The second kappa shape index (κ2) is 7.03. The number of phenols is 1. The van der Waals surface area contributed by atoms with Gasteiger partial charge in [0, 0.05) is 29.5 Å². The first kappa shape index (κ1) is 16.7. The Labute approximate surface area is 142 Å². The van der Waals surface area contributed by atoms with Crippen LogP contribution in [0.2, 0.25) is 0 Å². The minimum absolute atomic E-state index is 0. The van der Waals surface area contributed by atoms with Crippen LogP contribution in [0, 0.1) is 0 Å². The molecule has 0 aliphatic heterocycles. The summed E-state index contributed by atoms with van der Waals surface area (Å²) >= 11 is 0. The van der Waals surface area contributed by atoms with E-state index in [9.17, 15) is 9.67 Å². The number of benzene rings is 3. The molecule has 0 aliphatic carbocycles. The average Bonchev–Trinajstić information content (AvgIpc) is 2.56. The summed E-state index contributed by atoms with van der Waals surface area (Å²) in [4.78, 5) is 0. The molecular weight excluding hydrogens is 286 g/mol. The molecule has 0 aliphatic rings. The van der Waals surface area contributed by atoms with Crippen molar-refractivity contribution in [3.05, 3.63) is 84.9 Å². The molecule has 3 aromatic carbocycles. The number of hydrogen-bond acceptors (Lipinski definition) is 2. The maximum absolute atomic E-state index is 13.9. The molecule has 0 unspecified atom stereocenters. The summed E-state index contributed by atoms with van der Waals surface area (Å²) < 4.78 is 13.9. The summed E-state index contributed by atoms with van der Waals surface area (Å²) in [7, 11) is -3.06. The molecular formula is C18H15LiO2P. The van der Waals surface area contributed by atoms with Crippen molar-refractivity contribution < 1.29 is 9.67 Å². The molecule has 0 amide bonds. The molecule has 1 N–H and O–H groups in total. The second-order valence-electron chi connectivity index (χ2n) is 4.77. The van der Waals surface area contributed by atoms with E-state index in [1.54, 1.807) is 24.3 Å². The summed E-state index contributed by atoms with van der Waals surface area (Å²) in [6.45, 7) is 0. The summed E-state index contributed by atoms with van der Waals surface area (Å²) in [6, 6.07) is 25.5. The quantitative estimate of drug-likeness (QED) is 0.596. The van der Waals surface area contributed by atoms with Gasteiger partial charge in [-0.05, 0) is 12.1 Å². The molecule has 105 valence electrons. The minimum Gasteiger partial charge on any atom is -0.507 e. The van der Waals surface area contributed by atoms with E-state index < -0.39 is 7.14 Å². The third-order valence-corrected chi connectivity index (χ3v) is 6.57. The summed E-state index contributed by atoms with van der Waals surface area (Å²) in [6.07, 6.45) is 0. The Morgan fingerprint density at radius 2 is 1.05 bits per heavy atom. The molecule has 0 spiro atoms. The van der Waals surface area contributed by atoms with Crippen LogP contribution < -0.4 is 15.9 Å². The zero-order valence-electron chi connectivity index (χ0n) is 12.4. The zero-order chi connectivity index (χ0) is 14.7. The molecule has 4 heteroatoms. The van der Waals surface area contributed by atoms with Gasteiger partial charge in [0.05, 0.1) is 5.30 Å². The van der Waals surface area contributed by atoms with Crippen LogP contribution in [0.4, 0.5) is 0 Å². The SMILES string of the molecule is O=P(c1ccccc1)(c1ccccc1)c1ccccc1O.[Li]. The molecule has 1 radical (unpaired) electrons. The molecule has 0 atom stereocenters. The van der Waals surface area contributed by atoms with Gasteiger partial charge in [-0.3, -0.25) is 0 Å². The van der Waals surface area contributed by atoms with Crippen molar-refractivity contribution in [3.8, 4) is 5.75 Å². The van der Waals surface area contributed by atoms with Gasteiger partial charge in [-0.1, -0.05) is 72.8 Å². The Bertz CT molecular complexity index is 745. The van der Waals surface area contributed by atoms with Crippen LogP contribution >= 0.6 is 7.14 Å². The van der Waals surface area contributed by atoms with Gasteiger partial charge in [0.15, 0.2) is 7.14 Å². The summed E-state index contributed by atoms with van der Waals surface area (Å²) in [5.74, 6) is 0.0635. The largest absolute Gasteiger partial charge is 0.507 e. The van der Waals surface area contributed by atoms with E-state index in [1.165, 1.54) is 0 Å². The van der Waals surface area contributed by atoms with Gasteiger partial charge in [-0.15, -0.1) is 0 Å². The first-order valence-electron chi connectivity index (χ1n) is 6.73. The maximum Gasteiger partial charge on any atom is 0.174 e. The first-order valence-corrected chi connectivity index (χ1v) is 8.43. The fourth-order valence-corrected chi connectivity index (χ4v) is 5.17. The van der Waals surface area contributed by atoms with Crippen LogP contribution in [0.25, 0.3) is 0 Å². The molecule has 0 saturated carbocycles. The van der Waals surface area contributed by atoms with Crippen LogP contribution in [-0.2, 0) is 4.57 Å². The fraction of sp³-hybridized carbons (Fsp3) is 0. The standard InChI is InChI=1S/C18H15O2P.Li/c19-17-13-7-8-14-18(17)21(20,15-9-3-1-4-10-15)16-11-5-2-6-12-16;/h1-14,19H;. The van der Waals surface area contributed by atoms with E-state index in [2.05, 4.69) is 0 Å². The molecule has 0 aromatic heterocycles. The van der Waals surface area contributed by atoms with Crippen molar-refractivity contribution in [2.24, 2.45) is 0 Å². The van der Waals surface area contributed by atoms with Crippen LogP contribution in [0.3, 0.4) is 0 Å². The summed E-state index contributed by atoms with van der Waals surface area (Å²) in [5.41, 5.74) is 0. The van der Waals surface area contributed by atoms with Crippen molar-refractivity contribution in [2.45, 2.75) is 0 Å². The van der Waals surface area contributed by atoms with Crippen molar-refractivity contribution in [3.63, 3.8) is 0 Å². The van der Waals surface area contributed by atoms with Gasteiger partial charge in [0.25, 0.3) is 0 Å². The van der Waals surface area contributed by atoms with Crippen molar-refractivity contribution in [1.29, 1.82) is 0 Å². The minimum atomic E-state index is -3.06. The third-order valence-electron chi connectivity index (χ3n) is 3.46. The van der Waals surface area contributed by atoms with Crippen molar-refractivity contribution in [1.82, 2.24) is 0 Å². The topological polar surface area (TPSA) is 37.3 Å². The van der Waals surface area contributed by atoms with Gasteiger partial charge in [-0.25, -0.2) is 0 Å². The fourth-order valence-electron chi connectivity index (χ4n) is 2.43. The van der Waals surface area contributed by atoms with Crippen LogP contribution in [0.1, 0.15) is 0 Å². The normalized spacial score (nSPS) is 10.7. The van der Waals surface area contributed by atoms with E-state index >= 15 is 0 Å². The zero-order valence-corrected chi connectivity index (χ0v) is 13.3. The molecule has 3 aromatic rings. The molecule has 22 heavy (non-hydrogen) atoms. The molecule has 0 heterocycles. The van der Waals surface area contributed by atoms with Gasteiger partial charge < -0.3 is 9.67 Å². The van der Waals surface area contributed by atoms with Gasteiger partial charge in [0.2, 0.25) is 0 Å². The average molecular weight is 301 g/mol. The predicted molar refractivity (Wildman–Crippen MR) is 93.3 cm³/mol. The number of phenolic OH excluding ortho intramolecular Hbond substituents is 1. The van der Waals surface area contributed by atoms with E-state index in [-0.39, 0.29) is 24.6 Å². The molecule has 0 fully saturated rings.